The van der Waals surface area contributed by atoms with Crippen molar-refractivity contribution in [2.45, 2.75) is 50.2 Å². The van der Waals surface area contributed by atoms with Crippen LogP contribution in [0.4, 0.5) is 4.39 Å². The Morgan fingerprint density at radius 3 is 2.32 bits per heavy atom. The average Bonchev–Trinajstić information content (AvgIpc) is 2.93. The molecule has 2 fully saturated rings. The molecule has 0 unspecified atom stereocenters. The van der Waals surface area contributed by atoms with E-state index in [1.165, 1.54) is 12.1 Å². The molecule has 0 radical (unpaired) electrons. The lowest BCUT2D eigenvalue weighted by atomic mass is 9.75. The molecule has 0 bridgehead atoms. The number of carbonyl (C=O) groups excluding carboxylic acids is 2. The number of benzene rings is 2. The van der Waals surface area contributed by atoms with E-state index >= 15 is 0 Å². The highest BCUT2D eigenvalue weighted by molar-refractivity contribution is 6.17. The van der Waals surface area contributed by atoms with Crippen LogP contribution in [-0.2, 0) is 14.3 Å². The number of Topliss-reactive ketones (excluding diaryl/α,β-unsaturated/α-hetero) is 1. The number of methoxy groups -OCH3 is 1. The summed E-state index contributed by atoms with van der Waals surface area (Å²) < 4.78 is 18.7. The Kier molecular flexibility index (Phi) is 4.79. The molecular formula is C23H24FNO3. The van der Waals surface area contributed by atoms with Crippen LogP contribution < -0.4 is 5.32 Å². The minimum atomic E-state index is -0.792. The van der Waals surface area contributed by atoms with E-state index in [-0.39, 0.29) is 23.6 Å². The zero-order chi connectivity index (χ0) is 19.9. The number of amides is 1. The number of rotatable bonds is 3. The van der Waals surface area contributed by atoms with Gasteiger partial charge in [-0.2, -0.15) is 0 Å². The first-order valence-electron chi connectivity index (χ1n) is 9.69. The summed E-state index contributed by atoms with van der Waals surface area (Å²) >= 11 is 0. The van der Waals surface area contributed by atoms with Crippen molar-refractivity contribution in [2.24, 2.45) is 0 Å². The number of aryl methyl sites for hydroxylation is 1. The minimum absolute atomic E-state index is 0.0357. The van der Waals surface area contributed by atoms with Crippen LogP contribution in [0.2, 0.25) is 0 Å². The highest BCUT2D eigenvalue weighted by atomic mass is 19.1. The predicted octanol–water partition coefficient (Wildman–Crippen LogP) is 3.91. The molecule has 1 aliphatic heterocycles. The van der Waals surface area contributed by atoms with Crippen LogP contribution in [0.15, 0.2) is 42.5 Å². The normalized spacial score (nSPS) is 27.2. The van der Waals surface area contributed by atoms with Crippen molar-refractivity contribution in [2.75, 3.05) is 7.11 Å². The van der Waals surface area contributed by atoms with Gasteiger partial charge in [0.05, 0.1) is 11.6 Å². The van der Waals surface area contributed by atoms with Crippen LogP contribution in [0, 0.1) is 12.7 Å². The number of nitrogens with one attached hydrogen (secondary N) is 1. The fourth-order valence-electron chi connectivity index (χ4n) is 4.51. The maximum absolute atomic E-state index is 13.4. The van der Waals surface area contributed by atoms with Crippen molar-refractivity contribution in [3.63, 3.8) is 0 Å². The van der Waals surface area contributed by atoms with Crippen molar-refractivity contribution >= 4 is 11.7 Å². The van der Waals surface area contributed by atoms with Crippen LogP contribution in [-0.4, -0.2) is 30.4 Å². The second-order valence-electron chi connectivity index (χ2n) is 7.88. The van der Waals surface area contributed by atoms with E-state index in [9.17, 15) is 14.0 Å². The molecular weight excluding hydrogens is 357 g/mol. The third-order valence-electron chi connectivity index (χ3n) is 6.25. The van der Waals surface area contributed by atoms with Crippen LogP contribution in [0.3, 0.4) is 0 Å². The lowest BCUT2D eigenvalue weighted by molar-refractivity contribution is -0.126. The second-order valence-corrected chi connectivity index (χ2v) is 7.88. The zero-order valence-corrected chi connectivity index (χ0v) is 16.1. The predicted molar refractivity (Wildman–Crippen MR) is 104 cm³/mol. The number of hydrogen-bond acceptors (Lipinski definition) is 3. The van der Waals surface area contributed by atoms with Crippen molar-refractivity contribution < 1.29 is 18.7 Å². The third kappa shape index (κ3) is 3.14. The molecule has 1 atom stereocenters. The van der Waals surface area contributed by atoms with E-state index in [0.29, 0.717) is 12.8 Å². The number of ketones is 1. The monoisotopic (exact) mass is 381 g/mol. The summed E-state index contributed by atoms with van der Waals surface area (Å²) in [5, 5.41) is 3.01. The topological polar surface area (TPSA) is 55.4 Å². The summed E-state index contributed by atoms with van der Waals surface area (Å²) in [6.45, 7) is 1.91. The minimum Gasteiger partial charge on any atom is -0.381 e. The van der Waals surface area contributed by atoms with Crippen LogP contribution in [0.25, 0.3) is 11.1 Å². The number of carbonyl (C=O) groups is 2. The zero-order valence-electron chi connectivity index (χ0n) is 16.1. The molecule has 1 saturated carbocycles. The molecule has 1 N–H and O–H groups in total. The second kappa shape index (κ2) is 7.13. The van der Waals surface area contributed by atoms with Gasteiger partial charge in [-0.1, -0.05) is 24.3 Å². The van der Waals surface area contributed by atoms with Crippen LogP contribution in [0.1, 0.15) is 42.7 Å². The Morgan fingerprint density at radius 2 is 1.68 bits per heavy atom. The first kappa shape index (κ1) is 18.8. The van der Waals surface area contributed by atoms with E-state index in [0.717, 1.165) is 35.1 Å². The van der Waals surface area contributed by atoms with Crippen molar-refractivity contribution in [1.29, 1.82) is 0 Å². The average molecular weight is 381 g/mol. The van der Waals surface area contributed by atoms with Gasteiger partial charge in [0, 0.05) is 7.11 Å². The van der Waals surface area contributed by atoms with Gasteiger partial charge in [0.2, 0.25) is 5.91 Å². The standard InChI is InChI=1S/C23H24FNO3/c1-14-3-4-16(15-5-7-17(24)8-6-15)13-19(14)20-21(26)23(25-22(20)27)11-9-18(28-2)10-12-23/h3-8,13,18,20H,9-12H2,1-2H3,(H,25,27)/t18?,20-,23?/m1/s1. The molecule has 28 heavy (non-hydrogen) atoms. The van der Waals surface area contributed by atoms with Crippen molar-refractivity contribution in [3.8, 4) is 11.1 Å². The van der Waals surface area contributed by atoms with Gasteiger partial charge in [-0.25, -0.2) is 4.39 Å². The van der Waals surface area contributed by atoms with Gasteiger partial charge in [0.25, 0.3) is 0 Å². The summed E-state index contributed by atoms with van der Waals surface area (Å²) in [6.07, 6.45) is 2.91. The quantitative estimate of drug-likeness (QED) is 0.820. The van der Waals surface area contributed by atoms with Gasteiger partial charge in [-0.3, -0.25) is 9.59 Å². The number of halogens is 1. The smallest absolute Gasteiger partial charge is 0.235 e. The molecule has 0 aromatic heterocycles. The molecule has 1 aliphatic carbocycles. The fraction of sp³-hybridized carbons (Fsp3) is 0.391. The molecule has 4 rings (SSSR count). The molecule has 2 aromatic rings. The largest absolute Gasteiger partial charge is 0.381 e. The van der Waals surface area contributed by atoms with Gasteiger partial charge in [-0.15, -0.1) is 0 Å². The molecule has 1 heterocycles. The van der Waals surface area contributed by atoms with Gasteiger partial charge in [-0.05, 0) is 73.1 Å². The third-order valence-corrected chi connectivity index (χ3v) is 6.25. The van der Waals surface area contributed by atoms with Gasteiger partial charge < -0.3 is 10.1 Å². The lowest BCUT2D eigenvalue weighted by Gasteiger charge is -2.35. The summed E-state index contributed by atoms with van der Waals surface area (Å²) in [5.74, 6) is -1.35. The maximum atomic E-state index is 13.4. The van der Waals surface area contributed by atoms with Gasteiger partial charge in [0.15, 0.2) is 5.78 Å². The van der Waals surface area contributed by atoms with E-state index in [1.807, 2.05) is 25.1 Å². The molecule has 1 saturated heterocycles. The summed E-state index contributed by atoms with van der Waals surface area (Å²) in [6, 6.07) is 12.0. The molecule has 2 aromatic carbocycles. The number of ether oxygens (including phenoxy) is 1. The molecule has 5 heteroatoms. The highest BCUT2D eigenvalue weighted by Crippen LogP contribution is 2.41. The van der Waals surface area contributed by atoms with E-state index in [2.05, 4.69) is 5.32 Å². The molecule has 1 spiro atoms. The van der Waals surface area contributed by atoms with Crippen LogP contribution in [0.5, 0.6) is 0 Å². The summed E-state index contributed by atoms with van der Waals surface area (Å²) in [5.41, 5.74) is 2.58. The fourth-order valence-corrected chi connectivity index (χ4v) is 4.51. The molecule has 2 aliphatic rings. The van der Waals surface area contributed by atoms with E-state index < -0.39 is 11.5 Å². The first-order chi connectivity index (χ1) is 13.4. The van der Waals surface area contributed by atoms with Crippen molar-refractivity contribution in [3.05, 3.63) is 59.4 Å². The van der Waals surface area contributed by atoms with E-state index in [4.69, 9.17) is 4.74 Å². The highest BCUT2D eigenvalue weighted by Gasteiger charge is 2.54. The van der Waals surface area contributed by atoms with Crippen LogP contribution >= 0.6 is 0 Å². The maximum Gasteiger partial charge on any atom is 0.235 e. The first-order valence-corrected chi connectivity index (χ1v) is 9.69. The lowest BCUT2D eigenvalue weighted by Crippen LogP contribution is -2.50. The Balaban J connectivity index is 1.67. The molecule has 146 valence electrons. The Bertz CT molecular complexity index is 914. The Morgan fingerprint density at radius 1 is 1.04 bits per heavy atom. The van der Waals surface area contributed by atoms with E-state index in [1.54, 1.807) is 19.2 Å². The molecule has 4 nitrogen and oxygen atoms in total. The van der Waals surface area contributed by atoms with Gasteiger partial charge >= 0.3 is 0 Å². The Labute approximate surface area is 164 Å². The summed E-state index contributed by atoms with van der Waals surface area (Å²) in [4.78, 5) is 26.2. The van der Waals surface area contributed by atoms with Crippen molar-refractivity contribution in [1.82, 2.24) is 5.32 Å². The molecule has 1 amide bonds. The summed E-state index contributed by atoms with van der Waals surface area (Å²) in [7, 11) is 1.69. The number of hydrogen-bond donors (Lipinski definition) is 1. The van der Waals surface area contributed by atoms with Gasteiger partial charge in [0.1, 0.15) is 11.7 Å². The SMILES string of the molecule is COC1CCC2(CC1)NC(=O)[C@H](c1cc(-c3ccc(F)cc3)ccc1C)C2=O. The Hall–Kier alpha value is -2.53.